The molecule has 0 spiro atoms. The van der Waals surface area contributed by atoms with E-state index in [1.165, 1.54) is 6.92 Å². The largest absolute Gasteiger partial charge is 0.497 e. The van der Waals surface area contributed by atoms with Crippen molar-refractivity contribution >= 4 is 33.3 Å². The van der Waals surface area contributed by atoms with Gasteiger partial charge in [0.05, 0.1) is 7.11 Å². The average molecular weight is 278 g/mol. The van der Waals surface area contributed by atoms with Gasteiger partial charge in [0.15, 0.2) is 5.78 Å². The molecule has 2 nitrogen and oxygen atoms in total. The molecule has 76 valence electrons. The number of hydrogen-bond donors (Lipinski definition) is 0. The number of benzene rings is 1. The molecule has 1 rings (SSSR count). The second kappa shape index (κ2) is 4.80. The number of rotatable bonds is 3. The molecule has 0 aliphatic heterocycles. The van der Waals surface area contributed by atoms with Crippen LogP contribution in [0.15, 0.2) is 22.7 Å². The lowest BCUT2D eigenvalue weighted by atomic mass is 10.1. The number of methoxy groups -OCH3 is 1. The van der Waals surface area contributed by atoms with E-state index in [0.29, 0.717) is 0 Å². The SMILES string of the molecule is COc1ccc(C(Cl)C(C)=O)c(Br)c1. The van der Waals surface area contributed by atoms with Gasteiger partial charge >= 0.3 is 0 Å². The molecule has 0 aliphatic carbocycles. The van der Waals surface area contributed by atoms with Gasteiger partial charge < -0.3 is 4.74 Å². The molecular formula is C10H10BrClO2. The van der Waals surface area contributed by atoms with Crippen molar-refractivity contribution in [3.63, 3.8) is 0 Å². The summed E-state index contributed by atoms with van der Waals surface area (Å²) in [6.45, 7) is 1.47. The van der Waals surface area contributed by atoms with E-state index in [0.717, 1.165) is 15.8 Å². The Morgan fingerprint density at radius 2 is 2.21 bits per heavy atom. The van der Waals surface area contributed by atoms with Crippen molar-refractivity contribution in [2.24, 2.45) is 0 Å². The number of halogens is 2. The quantitative estimate of drug-likeness (QED) is 0.792. The monoisotopic (exact) mass is 276 g/mol. The van der Waals surface area contributed by atoms with Crippen LogP contribution in [-0.4, -0.2) is 12.9 Å². The molecule has 1 unspecified atom stereocenters. The van der Waals surface area contributed by atoms with Gasteiger partial charge in [-0.2, -0.15) is 0 Å². The zero-order chi connectivity index (χ0) is 10.7. The Bertz CT molecular complexity index is 352. The third kappa shape index (κ3) is 2.49. The van der Waals surface area contributed by atoms with Crippen molar-refractivity contribution < 1.29 is 9.53 Å². The standard InChI is InChI=1S/C10H10BrClO2/c1-6(13)10(12)8-4-3-7(14-2)5-9(8)11/h3-5,10H,1-2H3. The van der Waals surface area contributed by atoms with E-state index in [1.54, 1.807) is 25.3 Å². The van der Waals surface area contributed by atoms with Crippen LogP contribution >= 0.6 is 27.5 Å². The van der Waals surface area contributed by atoms with Gasteiger partial charge in [0.2, 0.25) is 0 Å². The number of ether oxygens (including phenoxy) is 1. The van der Waals surface area contributed by atoms with Crippen LogP contribution in [0.25, 0.3) is 0 Å². The van der Waals surface area contributed by atoms with E-state index in [2.05, 4.69) is 15.9 Å². The Hall–Kier alpha value is -0.540. The molecule has 0 fully saturated rings. The molecule has 0 aliphatic rings. The molecule has 0 saturated carbocycles. The van der Waals surface area contributed by atoms with E-state index in [-0.39, 0.29) is 5.78 Å². The van der Waals surface area contributed by atoms with Gasteiger partial charge in [-0.05, 0) is 24.6 Å². The summed E-state index contributed by atoms with van der Waals surface area (Å²) in [7, 11) is 1.59. The maximum atomic E-state index is 11.1. The average Bonchev–Trinajstić information content (AvgIpc) is 2.16. The predicted molar refractivity (Wildman–Crippen MR) is 60.0 cm³/mol. The second-order valence-electron chi connectivity index (χ2n) is 2.86. The first kappa shape index (κ1) is 11.5. The first-order valence-electron chi connectivity index (χ1n) is 4.04. The van der Waals surface area contributed by atoms with Crippen LogP contribution in [-0.2, 0) is 4.79 Å². The van der Waals surface area contributed by atoms with Crippen molar-refractivity contribution in [1.82, 2.24) is 0 Å². The molecule has 0 bridgehead atoms. The minimum Gasteiger partial charge on any atom is -0.497 e. The number of carbonyl (C=O) groups excluding carboxylic acids is 1. The Morgan fingerprint density at radius 3 is 2.64 bits per heavy atom. The molecule has 0 saturated heterocycles. The van der Waals surface area contributed by atoms with Crippen LogP contribution in [0.4, 0.5) is 0 Å². The maximum absolute atomic E-state index is 11.1. The summed E-state index contributed by atoms with van der Waals surface area (Å²) >= 11 is 9.26. The Morgan fingerprint density at radius 1 is 1.57 bits per heavy atom. The molecule has 1 aromatic carbocycles. The summed E-state index contributed by atoms with van der Waals surface area (Å²) in [4.78, 5) is 11.1. The first-order valence-corrected chi connectivity index (χ1v) is 5.27. The first-order chi connectivity index (χ1) is 6.56. The van der Waals surface area contributed by atoms with Gasteiger partial charge in [0.25, 0.3) is 0 Å². The zero-order valence-electron chi connectivity index (χ0n) is 7.88. The summed E-state index contributed by atoms with van der Waals surface area (Å²) < 4.78 is 5.82. The number of alkyl halides is 1. The molecule has 1 aromatic rings. The minimum absolute atomic E-state index is 0.0717. The molecule has 0 N–H and O–H groups in total. The molecule has 14 heavy (non-hydrogen) atoms. The smallest absolute Gasteiger partial charge is 0.152 e. The summed E-state index contributed by atoms with van der Waals surface area (Å²) in [6, 6.07) is 5.34. The van der Waals surface area contributed by atoms with Crippen LogP contribution in [0.1, 0.15) is 17.9 Å². The van der Waals surface area contributed by atoms with Crippen LogP contribution in [0.5, 0.6) is 5.75 Å². The van der Waals surface area contributed by atoms with E-state index in [9.17, 15) is 4.79 Å². The molecule has 0 aromatic heterocycles. The number of ketones is 1. The fourth-order valence-corrected chi connectivity index (χ4v) is 1.97. The topological polar surface area (TPSA) is 26.3 Å². The maximum Gasteiger partial charge on any atom is 0.152 e. The van der Waals surface area contributed by atoms with Gasteiger partial charge in [-0.25, -0.2) is 0 Å². The second-order valence-corrected chi connectivity index (χ2v) is 4.15. The molecular weight excluding hydrogens is 267 g/mol. The lowest BCUT2D eigenvalue weighted by Gasteiger charge is -2.09. The van der Waals surface area contributed by atoms with Crippen molar-refractivity contribution in [2.75, 3.05) is 7.11 Å². The molecule has 0 amide bonds. The van der Waals surface area contributed by atoms with Gasteiger partial charge in [0, 0.05) is 4.47 Å². The predicted octanol–water partition coefficient (Wildman–Crippen LogP) is 3.33. The highest BCUT2D eigenvalue weighted by atomic mass is 79.9. The summed E-state index contributed by atoms with van der Waals surface area (Å²) in [5.74, 6) is 0.658. The van der Waals surface area contributed by atoms with Crippen molar-refractivity contribution in [1.29, 1.82) is 0 Å². The fourth-order valence-electron chi connectivity index (χ4n) is 1.06. The van der Waals surface area contributed by atoms with Crippen molar-refractivity contribution in [3.8, 4) is 5.75 Å². The number of Topliss-reactive ketones (excluding diaryl/α,β-unsaturated/α-hetero) is 1. The van der Waals surface area contributed by atoms with E-state index in [4.69, 9.17) is 16.3 Å². The lowest BCUT2D eigenvalue weighted by Crippen LogP contribution is -2.02. The highest BCUT2D eigenvalue weighted by molar-refractivity contribution is 9.10. The third-order valence-electron chi connectivity index (χ3n) is 1.84. The van der Waals surface area contributed by atoms with E-state index >= 15 is 0 Å². The summed E-state index contributed by atoms with van der Waals surface area (Å²) in [5, 5.41) is -0.602. The number of hydrogen-bond acceptors (Lipinski definition) is 2. The summed E-state index contributed by atoms with van der Waals surface area (Å²) in [5.41, 5.74) is 0.764. The molecule has 0 heterocycles. The van der Waals surface area contributed by atoms with Crippen LogP contribution < -0.4 is 4.74 Å². The third-order valence-corrected chi connectivity index (χ3v) is 3.07. The number of carbonyl (C=O) groups is 1. The Labute approximate surface area is 96.3 Å². The highest BCUT2D eigenvalue weighted by Crippen LogP contribution is 2.31. The van der Waals surface area contributed by atoms with Gasteiger partial charge in [0.1, 0.15) is 11.1 Å². The van der Waals surface area contributed by atoms with Crippen LogP contribution in [0.2, 0.25) is 0 Å². The van der Waals surface area contributed by atoms with E-state index in [1.807, 2.05) is 0 Å². The van der Waals surface area contributed by atoms with Crippen LogP contribution in [0.3, 0.4) is 0 Å². The summed E-state index contributed by atoms with van der Waals surface area (Å²) in [6.07, 6.45) is 0. The lowest BCUT2D eigenvalue weighted by molar-refractivity contribution is -0.116. The molecule has 1 atom stereocenters. The Kier molecular flexibility index (Phi) is 3.96. The highest BCUT2D eigenvalue weighted by Gasteiger charge is 2.16. The van der Waals surface area contributed by atoms with Crippen LogP contribution in [0, 0.1) is 0 Å². The molecule has 0 radical (unpaired) electrons. The van der Waals surface area contributed by atoms with Gasteiger partial charge in [-0.3, -0.25) is 4.79 Å². The van der Waals surface area contributed by atoms with Gasteiger partial charge in [-0.15, -0.1) is 11.6 Å². The van der Waals surface area contributed by atoms with Gasteiger partial charge in [-0.1, -0.05) is 22.0 Å². The fraction of sp³-hybridized carbons (Fsp3) is 0.300. The minimum atomic E-state index is -0.602. The normalized spacial score (nSPS) is 12.3. The van der Waals surface area contributed by atoms with Crippen molar-refractivity contribution in [2.45, 2.75) is 12.3 Å². The zero-order valence-corrected chi connectivity index (χ0v) is 10.2. The van der Waals surface area contributed by atoms with Crippen molar-refractivity contribution in [3.05, 3.63) is 28.2 Å². The van der Waals surface area contributed by atoms with E-state index < -0.39 is 5.38 Å². The molecule has 4 heteroatoms. The Balaban J connectivity index is 3.05.